The fourth-order valence-electron chi connectivity index (χ4n) is 4.85. The average molecular weight is 515 g/mol. The van der Waals surface area contributed by atoms with Crippen molar-refractivity contribution in [2.45, 2.75) is 36.4 Å². The van der Waals surface area contributed by atoms with Crippen LogP contribution in [0.5, 0.6) is 0 Å². The lowest BCUT2D eigenvalue weighted by molar-refractivity contribution is 0.115. The first-order valence-electron chi connectivity index (χ1n) is 12.2. The summed E-state index contributed by atoms with van der Waals surface area (Å²) >= 11 is 0. The second-order valence-electron chi connectivity index (χ2n) is 9.43. The number of epoxide rings is 1. The quantitative estimate of drug-likeness (QED) is 0.193. The van der Waals surface area contributed by atoms with Crippen molar-refractivity contribution in [2.24, 2.45) is 5.92 Å². The molecule has 1 aliphatic heterocycles. The van der Waals surface area contributed by atoms with Crippen LogP contribution in [0.2, 0.25) is 0 Å². The molecular weight excluding hydrogens is 484 g/mol. The van der Waals surface area contributed by atoms with Crippen LogP contribution >= 0.6 is 0 Å². The monoisotopic (exact) mass is 514 g/mol. The van der Waals surface area contributed by atoms with Crippen molar-refractivity contribution in [2.75, 3.05) is 0 Å². The molecule has 0 bridgehead atoms. The largest absolute Gasteiger partial charge is 0.398 e. The Balaban J connectivity index is 1.61. The van der Waals surface area contributed by atoms with E-state index in [1.165, 1.54) is 0 Å². The van der Waals surface area contributed by atoms with Gasteiger partial charge in [0.2, 0.25) is 9.84 Å². The molecule has 0 spiro atoms. The van der Waals surface area contributed by atoms with E-state index >= 15 is 0 Å². The summed E-state index contributed by atoms with van der Waals surface area (Å²) in [6.07, 6.45) is -0.959. The Hall–Kier alpha value is -3.03. The Morgan fingerprint density at radius 3 is 1.44 bits per heavy atom. The van der Waals surface area contributed by atoms with Gasteiger partial charge in [0.05, 0.1) is 11.0 Å². The van der Waals surface area contributed by atoms with Crippen molar-refractivity contribution >= 4 is 33.7 Å². The predicted octanol–water partition coefficient (Wildman–Crippen LogP) is 3.89. The highest BCUT2D eigenvalue weighted by atomic mass is 32.2. The van der Waals surface area contributed by atoms with Gasteiger partial charge in [0, 0.05) is 0 Å². The molecule has 1 unspecified atom stereocenters. The zero-order valence-electron chi connectivity index (χ0n) is 20.4. The van der Waals surface area contributed by atoms with Crippen LogP contribution in [0, 0.1) is 5.92 Å². The Bertz CT molecular complexity index is 1280. The van der Waals surface area contributed by atoms with E-state index in [1.807, 2.05) is 60.7 Å². The fourth-order valence-corrected chi connectivity index (χ4v) is 10.6. The molecule has 0 saturated carbocycles. The second-order valence-corrected chi connectivity index (χ2v) is 14.8. The summed E-state index contributed by atoms with van der Waals surface area (Å²) < 4.78 is 39.9. The van der Waals surface area contributed by atoms with E-state index in [1.54, 1.807) is 24.3 Å². The van der Waals surface area contributed by atoms with Gasteiger partial charge in [-0.15, -0.1) is 0 Å². The first-order chi connectivity index (χ1) is 17.4. The maximum absolute atomic E-state index is 13.3. The first kappa shape index (κ1) is 24.7. The fraction of sp³-hybridized carbons (Fsp3) is 0.200. The maximum atomic E-state index is 13.3. The van der Waals surface area contributed by atoms with Crippen LogP contribution in [0.4, 0.5) is 0 Å². The molecule has 0 amide bonds. The molecule has 1 aliphatic rings. The van der Waals surface area contributed by atoms with Gasteiger partial charge in [-0.05, 0) is 33.6 Å². The summed E-state index contributed by atoms with van der Waals surface area (Å²) in [6, 6.07) is 39.5. The lowest BCUT2D eigenvalue weighted by Gasteiger charge is -2.37. The van der Waals surface area contributed by atoms with Crippen LogP contribution < -0.4 is 15.6 Å². The third kappa shape index (κ3) is 4.57. The molecule has 184 valence electrons. The summed E-state index contributed by atoms with van der Waals surface area (Å²) in [5.74, 6) is 0.0361. The second kappa shape index (κ2) is 10.1. The Morgan fingerprint density at radius 2 is 1.06 bits per heavy atom. The highest BCUT2D eigenvalue weighted by molar-refractivity contribution is 7.92. The highest BCUT2D eigenvalue weighted by Gasteiger charge is 2.57. The van der Waals surface area contributed by atoms with Gasteiger partial charge < -0.3 is 9.16 Å². The van der Waals surface area contributed by atoms with E-state index in [9.17, 15) is 8.42 Å². The summed E-state index contributed by atoms with van der Waals surface area (Å²) in [6.45, 7) is 4.14. The van der Waals surface area contributed by atoms with E-state index in [4.69, 9.17) is 9.16 Å². The number of sulfone groups is 1. The molecule has 4 nitrogen and oxygen atoms in total. The van der Waals surface area contributed by atoms with Gasteiger partial charge in [-0.2, -0.15) is 0 Å². The zero-order chi connectivity index (χ0) is 25.2. The SMILES string of the molecule is CC(C)C(O[Si](c1ccccc1)(c1ccccc1)c1ccccc1)[C@H]1O[C@@H]1S(=O)(=O)c1ccccc1. The average Bonchev–Trinajstić information content (AvgIpc) is 3.73. The van der Waals surface area contributed by atoms with Crippen molar-refractivity contribution in [1.29, 1.82) is 0 Å². The Labute approximate surface area is 214 Å². The van der Waals surface area contributed by atoms with Crippen LogP contribution in [0.3, 0.4) is 0 Å². The predicted molar refractivity (Wildman–Crippen MR) is 146 cm³/mol. The van der Waals surface area contributed by atoms with E-state index in [2.05, 4.69) is 50.2 Å². The molecule has 1 heterocycles. The van der Waals surface area contributed by atoms with E-state index < -0.39 is 35.8 Å². The van der Waals surface area contributed by atoms with Crippen molar-refractivity contribution in [3.8, 4) is 0 Å². The molecule has 1 saturated heterocycles. The van der Waals surface area contributed by atoms with Crippen molar-refractivity contribution in [3.63, 3.8) is 0 Å². The van der Waals surface area contributed by atoms with Crippen molar-refractivity contribution in [3.05, 3.63) is 121 Å². The maximum Gasteiger partial charge on any atom is 0.288 e. The van der Waals surface area contributed by atoms with Gasteiger partial charge in [0.15, 0.2) is 5.44 Å². The molecular formula is C30H30O4SSi. The van der Waals surface area contributed by atoms with Gasteiger partial charge in [0.1, 0.15) is 6.10 Å². The Kier molecular flexibility index (Phi) is 6.95. The minimum atomic E-state index is -3.63. The van der Waals surface area contributed by atoms with E-state index in [-0.39, 0.29) is 10.8 Å². The highest BCUT2D eigenvalue weighted by Crippen LogP contribution is 2.39. The smallest absolute Gasteiger partial charge is 0.288 e. The van der Waals surface area contributed by atoms with Gasteiger partial charge >= 0.3 is 0 Å². The molecule has 36 heavy (non-hydrogen) atoms. The molecule has 0 radical (unpaired) electrons. The molecule has 0 aromatic heterocycles. The summed E-state index contributed by atoms with van der Waals surface area (Å²) in [7, 11) is -6.65. The van der Waals surface area contributed by atoms with Gasteiger partial charge in [0.25, 0.3) is 8.32 Å². The molecule has 4 aromatic carbocycles. The molecule has 5 rings (SSSR count). The number of ether oxygens (including phenoxy) is 1. The summed E-state index contributed by atoms with van der Waals surface area (Å²) in [4.78, 5) is 0.276. The summed E-state index contributed by atoms with van der Waals surface area (Å²) in [5.41, 5.74) is -0.915. The van der Waals surface area contributed by atoms with Gasteiger partial charge in [-0.25, -0.2) is 8.42 Å². The lowest BCUT2D eigenvalue weighted by atomic mass is 10.1. The third-order valence-electron chi connectivity index (χ3n) is 6.70. The first-order valence-corrected chi connectivity index (χ1v) is 15.7. The third-order valence-corrected chi connectivity index (χ3v) is 12.7. The van der Waals surface area contributed by atoms with Crippen LogP contribution in [0.1, 0.15) is 13.8 Å². The number of rotatable bonds is 9. The topological polar surface area (TPSA) is 55.9 Å². The van der Waals surface area contributed by atoms with Crippen LogP contribution in [0.25, 0.3) is 0 Å². The number of hydrogen-bond donors (Lipinski definition) is 0. The Morgan fingerprint density at radius 1 is 0.667 bits per heavy atom. The molecule has 0 aliphatic carbocycles. The zero-order valence-corrected chi connectivity index (χ0v) is 22.2. The molecule has 3 atom stereocenters. The summed E-state index contributed by atoms with van der Waals surface area (Å²) in [5, 5.41) is 3.32. The lowest BCUT2D eigenvalue weighted by Crippen LogP contribution is -2.71. The molecule has 6 heteroatoms. The number of benzene rings is 4. The number of hydrogen-bond acceptors (Lipinski definition) is 4. The van der Waals surface area contributed by atoms with Crippen LogP contribution in [-0.4, -0.2) is 34.4 Å². The van der Waals surface area contributed by atoms with Crippen LogP contribution in [-0.2, 0) is 19.0 Å². The molecule has 0 N–H and O–H groups in total. The standard InChI is InChI=1S/C30H30O4SSi/c1-23(2)28(29-30(33-29)35(31,32)24-15-7-3-8-16-24)34-36(25-17-9-4-10-18-25,26-19-11-5-12-20-26)27-21-13-6-14-22-27/h3-23,28-30H,1-2H3/t28?,29-,30-/m1/s1. The molecule has 1 fully saturated rings. The minimum Gasteiger partial charge on any atom is -0.398 e. The normalized spacial score (nSPS) is 18.6. The molecule has 4 aromatic rings. The van der Waals surface area contributed by atoms with Gasteiger partial charge in [-0.3, -0.25) is 0 Å². The van der Waals surface area contributed by atoms with E-state index in [0.717, 1.165) is 15.6 Å². The van der Waals surface area contributed by atoms with Crippen LogP contribution in [0.15, 0.2) is 126 Å². The van der Waals surface area contributed by atoms with E-state index in [0.29, 0.717) is 0 Å². The van der Waals surface area contributed by atoms with Crippen molar-refractivity contribution < 1.29 is 17.6 Å². The van der Waals surface area contributed by atoms with Crippen molar-refractivity contribution in [1.82, 2.24) is 0 Å². The van der Waals surface area contributed by atoms with Gasteiger partial charge in [-0.1, -0.05) is 123 Å². The minimum absolute atomic E-state index is 0.0361.